The van der Waals surface area contributed by atoms with E-state index in [2.05, 4.69) is 15.5 Å². The molecule has 6 heteroatoms. The van der Waals surface area contributed by atoms with Crippen molar-refractivity contribution >= 4 is 0 Å². The number of hydrogen-bond donors (Lipinski definition) is 1. The predicted octanol–water partition coefficient (Wildman–Crippen LogP) is 1.68. The third kappa shape index (κ3) is 3.73. The Kier molecular flexibility index (Phi) is 5.72. The summed E-state index contributed by atoms with van der Waals surface area (Å²) in [6, 6.07) is 0. The number of nitrogens with zero attached hydrogens (tertiary/aromatic N) is 4. The maximum atomic E-state index is 5.69. The number of unbranched alkanes of at least 4 members (excludes halogenated alkanes) is 1. The number of methoxy groups -OCH3 is 1. The minimum absolute atomic E-state index is 0.0353. The highest BCUT2D eigenvalue weighted by Gasteiger charge is 2.29. The van der Waals surface area contributed by atoms with Gasteiger partial charge in [0.05, 0.1) is 0 Å². The first-order valence-electron chi connectivity index (χ1n) is 7.35. The van der Waals surface area contributed by atoms with Crippen molar-refractivity contribution in [3.05, 3.63) is 5.82 Å². The standard InChI is InChI=1S/C13H25N5O/c1-19-12(11-7-3-2-4-8-11)13-15-16-17-18(13)10-6-5-9-14/h11-12H,2-10,14H2,1H3. The van der Waals surface area contributed by atoms with Crippen LogP contribution in [0, 0.1) is 5.92 Å². The van der Waals surface area contributed by atoms with Crippen LogP contribution >= 0.6 is 0 Å². The fraction of sp³-hybridized carbons (Fsp3) is 0.923. The van der Waals surface area contributed by atoms with Gasteiger partial charge in [0.1, 0.15) is 6.10 Å². The maximum Gasteiger partial charge on any atom is 0.180 e. The van der Waals surface area contributed by atoms with Crippen LogP contribution in [0.2, 0.25) is 0 Å². The molecular weight excluding hydrogens is 242 g/mol. The molecule has 19 heavy (non-hydrogen) atoms. The van der Waals surface area contributed by atoms with Crippen molar-refractivity contribution in [2.75, 3.05) is 13.7 Å². The molecule has 6 nitrogen and oxygen atoms in total. The molecule has 1 unspecified atom stereocenters. The number of nitrogens with two attached hydrogens (primary N) is 1. The van der Waals surface area contributed by atoms with Crippen LogP contribution in [-0.2, 0) is 11.3 Å². The molecule has 1 heterocycles. The predicted molar refractivity (Wildman–Crippen MR) is 72.4 cm³/mol. The Hall–Kier alpha value is -1.01. The third-order valence-corrected chi connectivity index (χ3v) is 3.97. The number of tetrazole rings is 1. The third-order valence-electron chi connectivity index (χ3n) is 3.97. The molecule has 2 rings (SSSR count). The molecule has 0 aliphatic heterocycles. The average molecular weight is 267 g/mol. The monoisotopic (exact) mass is 267 g/mol. The number of ether oxygens (including phenoxy) is 1. The van der Waals surface area contributed by atoms with Crippen LogP contribution in [0.1, 0.15) is 56.9 Å². The first kappa shape index (κ1) is 14.4. The van der Waals surface area contributed by atoms with Crippen LogP contribution in [0.5, 0.6) is 0 Å². The topological polar surface area (TPSA) is 78.9 Å². The summed E-state index contributed by atoms with van der Waals surface area (Å²) in [5.41, 5.74) is 5.52. The zero-order chi connectivity index (χ0) is 13.5. The molecule has 1 fully saturated rings. The molecule has 1 aliphatic rings. The number of rotatable bonds is 7. The summed E-state index contributed by atoms with van der Waals surface area (Å²) in [5.74, 6) is 1.43. The van der Waals surface area contributed by atoms with Gasteiger partial charge in [-0.25, -0.2) is 4.68 Å². The van der Waals surface area contributed by atoms with Crippen LogP contribution in [0.4, 0.5) is 0 Å². The van der Waals surface area contributed by atoms with Gasteiger partial charge < -0.3 is 10.5 Å². The van der Waals surface area contributed by atoms with Crippen molar-refractivity contribution in [2.24, 2.45) is 11.7 Å². The average Bonchev–Trinajstić information content (AvgIpc) is 2.90. The fourth-order valence-corrected chi connectivity index (χ4v) is 2.93. The second kappa shape index (κ2) is 7.55. The van der Waals surface area contributed by atoms with E-state index >= 15 is 0 Å². The van der Waals surface area contributed by atoms with Gasteiger partial charge in [-0.3, -0.25) is 0 Å². The summed E-state index contributed by atoms with van der Waals surface area (Å²) >= 11 is 0. The lowest BCUT2D eigenvalue weighted by Crippen LogP contribution is -2.22. The normalized spacial score (nSPS) is 18.6. The molecule has 108 valence electrons. The highest BCUT2D eigenvalue weighted by molar-refractivity contribution is 4.93. The van der Waals surface area contributed by atoms with Crippen LogP contribution in [0.3, 0.4) is 0 Å². The van der Waals surface area contributed by atoms with E-state index in [1.807, 2.05) is 4.68 Å². The van der Waals surface area contributed by atoms with Gasteiger partial charge in [0.2, 0.25) is 0 Å². The molecule has 1 aromatic heterocycles. The van der Waals surface area contributed by atoms with E-state index in [-0.39, 0.29) is 6.10 Å². The summed E-state index contributed by atoms with van der Waals surface area (Å²) in [6.07, 6.45) is 8.40. The molecule has 1 saturated carbocycles. The second-order valence-corrected chi connectivity index (χ2v) is 5.31. The van der Waals surface area contributed by atoms with E-state index in [0.717, 1.165) is 25.2 Å². The minimum atomic E-state index is 0.0353. The first-order valence-corrected chi connectivity index (χ1v) is 7.35. The van der Waals surface area contributed by atoms with Gasteiger partial charge in [0.15, 0.2) is 5.82 Å². The van der Waals surface area contributed by atoms with Gasteiger partial charge >= 0.3 is 0 Å². The Morgan fingerprint density at radius 1 is 1.32 bits per heavy atom. The van der Waals surface area contributed by atoms with E-state index in [1.165, 1.54) is 32.1 Å². The molecule has 0 spiro atoms. The lowest BCUT2D eigenvalue weighted by atomic mass is 9.85. The molecule has 0 radical (unpaired) electrons. The quantitative estimate of drug-likeness (QED) is 0.760. The zero-order valence-corrected chi connectivity index (χ0v) is 11.8. The number of hydrogen-bond acceptors (Lipinski definition) is 5. The van der Waals surface area contributed by atoms with E-state index in [9.17, 15) is 0 Å². The molecule has 1 aliphatic carbocycles. The molecular formula is C13H25N5O. The number of aromatic nitrogens is 4. The second-order valence-electron chi connectivity index (χ2n) is 5.31. The Bertz CT molecular complexity index is 362. The smallest absolute Gasteiger partial charge is 0.180 e. The van der Waals surface area contributed by atoms with Gasteiger partial charge in [0, 0.05) is 13.7 Å². The Morgan fingerprint density at radius 2 is 2.11 bits per heavy atom. The van der Waals surface area contributed by atoms with Gasteiger partial charge in [0.25, 0.3) is 0 Å². The molecule has 0 amide bonds. The van der Waals surface area contributed by atoms with Crippen LogP contribution in [-0.4, -0.2) is 33.9 Å². The minimum Gasteiger partial charge on any atom is -0.373 e. The molecule has 2 N–H and O–H groups in total. The van der Waals surface area contributed by atoms with Gasteiger partial charge in [-0.15, -0.1) is 5.10 Å². The Balaban J connectivity index is 2.02. The fourth-order valence-electron chi connectivity index (χ4n) is 2.93. The van der Waals surface area contributed by atoms with Crippen molar-refractivity contribution in [2.45, 2.75) is 57.6 Å². The lowest BCUT2D eigenvalue weighted by molar-refractivity contribution is 0.0253. The summed E-state index contributed by atoms with van der Waals surface area (Å²) in [5, 5.41) is 12.1. The van der Waals surface area contributed by atoms with Gasteiger partial charge in [-0.1, -0.05) is 19.3 Å². The van der Waals surface area contributed by atoms with Crippen molar-refractivity contribution in [3.63, 3.8) is 0 Å². The Labute approximate surface area is 114 Å². The van der Waals surface area contributed by atoms with E-state index < -0.39 is 0 Å². The first-order chi connectivity index (χ1) is 9.36. The van der Waals surface area contributed by atoms with Crippen molar-refractivity contribution in [3.8, 4) is 0 Å². The van der Waals surface area contributed by atoms with Gasteiger partial charge in [-0.05, 0) is 48.6 Å². The molecule has 0 bridgehead atoms. The maximum absolute atomic E-state index is 5.69. The van der Waals surface area contributed by atoms with E-state index in [0.29, 0.717) is 12.5 Å². The zero-order valence-electron chi connectivity index (χ0n) is 11.8. The van der Waals surface area contributed by atoms with Crippen LogP contribution in [0.25, 0.3) is 0 Å². The van der Waals surface area contributed by atoms with Crippen LogP contribution in [0.15, 0.2) is 0 Å². The number of aryl methyl sites for hydroxylation is 1. The lowest BCUT2D eigenvalue weighted by Gasteiger charge is -2.28. The molecule has 0 aromatic carbocycles. The summed E-state index contributed by atoms with van der Waals surface area (Å²) < 4.78 is 7.58. The highest BCUT2D eigenvalue weighted by atomic mass is 16.5. The summed E-state index contributed by atoms with van der Waals surface area (Å²) in [7, 11) is 1.76. The largest absolute Gasteiger partial charge is 0.373 e. The molecule has 1 atom stereocenters. The summed E-state index contributed by atoms with van der Waals surface area (Å²) in [4.78, 5) is 0. The van der Waals surface area contributed by atoms with E-state index in [1.54, 1.807) is 7.11 Å². The Morgan fingerprint density at radius 3 is 2.79 bits per heavy atom. The van der Waals surface area contributed by atoms with Gasteiger partial charge in [-0.2, -0.15) is 0 Å². The van der Waals surface area contributed by atoms with Crippen LogP contribution < -0.4 is 5.73 Å². The van der Waals surface area contributed by atoms with Crippen molar-refractivity contribution in [1.82, 2.24) is 20.2 Å². The molecule has 1 aromatic rings. The molecule has 0 saturated heterocycles. The highest BCUT2D eigenvalue weighted by Crippen LogP contribution is 2.35. The van der Waals surface area contributed by atoms with Crippen molar-refractivity contribution < 1.29 is 4.74 Å². The van der Waals surface area contributed by atoms with Crippen molar-refractivity contribution in [1.29, 1.82) is 0 Å². The van der Waals surface area contributed by atoms with E-state index in [4.69, 9.17) is 10.5 Å². The summed E-state index contributed by atoms with van der Waals surface area (Å²) in [6.45, 7) is 1.54. The SMILES string of the molecule is COC(c1nnnn1CCCCN)C1CCCCC1.